The number of nitrogens with one attached hydrogen (secondary N) is 1. The summed E-state index contributed by atoms with van der Waals surface area (Å²) >= 11 is 5.87. The van der Waals surface area contributed by atoms with Gasteiger partial charge in [-0.05, 0) is 25.0 Å². The Hall–Kier alpha value is -0.800. The fraction of sp³-hybridized carbons (Fsp3) is 0.571. The number of nitrogens with zero attached hydrogens (tertiary/aromatic N) is 1. The second kappa shape index (κ2) is 4.71. The zero-order valence-electron chi connectivity index (χ0n) is 10.4. The first kappa shape index (κ1) is 12.2. The van der Waals surface area contributed by atoms with Gasteiger partial charge in [-0.2, -0.15) is 0 Å². The Kier molecular flexibility index (Phi) is 3.20. The van der Waals surface area contributed by atoms with E-state index in [0.717, 1.165) is 19.6 Å². The number of piperazine rings is 1. The van der Waals surface area contributed by atoms with Gasteiger partial charge in [0.05, 0.1) is 10.7 Å². The van der Waals surface area contributed by atoms with E-state index < -0.39 is 0 Å². The van der Waals surface area contributed by atoms with Crippen molar-refractivity contribution < 1.29 is 4.39 Å². The molecule has 0 atom stereocenters. The highest BCUT2D eigenvalue weighted by Gasteiger charge is 2.38. The van der Waals surface area contributed by atoms with Gasteiger partial charge in [0.25, 0.3) is 0 Å². The summed E-state index contributed by atoms with van der Waals surface area (Å²) in [6, 6.07) is 5.26. The predicted octanol–water partition coefficient (Wildman–Crippen LogP) is 3.20. The summed E-state index contributed by atoms with van der Waals surface area (Å²) < 4.78 is 14.1. The molecule has 1 heterocycles. The van der Waals surface area contributed by atoms with Crippen molar-refractivity contribution >= 4 is 17.3 Å². The fourth-order valence-electron chi connectivity index (χ4n) is 3.29. The van der Waals surface area contributed by atoms with Crippen molar-refractivity contribution in [3.63, 3.8) is 0 Å². The largest absolute Gasteiger partial charge is 0.366 e. The summed E-state index contributed by atoms with van der Waals surface area (Å²) in [4.78, 5) is 2.14. The number of hydrogen-bond donors (Lipinski definition) is 1. The molecule has 98 valence electrons. The first-order valence-corrected chi connectivity index (χ1v) is 7.02. The van der Waals surface area contributed by atoms with Crippen molar-refractivity contribution in [1.29, 1.82) is 0 Å². The number of benzene rings is 1. The Bertz CT molecular complexity index is 443. The Morgan fingerprint density at radius 2 is 2.06 bits per heavy atom. The number of anilines is 1. The van der Waals surface area contributed by atoms with Crippen LogP contribution in [0.3, 0.4) is 0 Å². The van der Waals surface area contributed by atoms with Crippen LogP contribution < -0.4 is 10.2 Å². The van der Waals surface area contributed by atoms with Gasteiger partial charge in [-0.15, -0.1) is 0 Å². The van der Waals surface area contributed by atoms with E-state index in [1.165, 1.54) is 25.7 Å². The molecule has 1 aromatic rings. The van der Waals surface area contributed by atoms with Crippen LogP contribution >= 0.6 is 11.6 Å². The zero-order valence-corrected chi connectivity index (χ0v) is 11.1. The Morgan fingerprint density at radius 3 is 2.83 bits per heavy atom. The van der Waals surface area contributed by atoms with Crippen LogP contribution in [0.4, 0.5) is 10.1 Å². The Labute approximate surface area is 112 Å². The van der Waals surface area contributed by atoms with Gasteiger partial charge in [-0.3, -0.25) is 0 Å². The molecule has 1 saturated carbocycles. The number of halogens is 2. The molecule has 0 bridgehead atoms. The minimum Gasteiger partial charge on any atom is -0.366 e. The molecule has 1 aromatic carbocycles. The lowest BCUT2D eigenvalue weighted by Crippen LogP contribution is -2.59. The van der Waals surface area contributed by atoms with E-state index in [0.29, 0.717) is 5.69 Å². The standard InChI is InChI=1S/C14H18ClFN2/c15-11-4-3-5-12(13(11)16)18-9-8-17-14(10-18)6-1-2-7-14/h3-5,17H,1-2,6-10H2. The maximum absolute atomic E-state index is 14.1. The van der Waals surface area contributed by atoms with Crippen molar-refractivity contribution in [3.8, 4) is 0 Å². The van der Waals surface area contributed by atoms with Crippen molar-refractivity contribution in [3.05, 3.63) is 29.0 Å². The van der Waals surface area contributed by atoms with Crippen LogP contribution in [0.2, 0.25) is 5.02 Å². The average Bonchev–Trinajstić information content (AvgIpc) is 2.81. The molecule has 0 unspecified atom stereocenters. The minimum atomic E-state index is -0.283. The molecular formula is C14H18ClFN2. The molecule has 3 rings (SSSR count). The quantitative estimate of drug-likeness (QED) is 0.841. The smallest absolute Gasteiger partial charge is 0.165 e. The van der Waals surface area contributed by atoms with Crippen LogP contribution in [-0.4, -0.2) is 25.2 Å². The summed E-state index contributed by atoms with van der Waals surface area (Å²) in [6.07, 6.45) is 4.95. The molecule has 18 heavy (non-hydrogen) atoms. The summed E-state index contributed by atoms with van der Waals surface area (Å²) in [5.74, 6) is -0.283. The van der Waals surface area contributed by atoms with E-state index in [1.807, 2.05) is 12.1 Å². The third-order valence-corrected chi connectivity index (χ3v) is 4.50. The molecule has 2 aliphatic rings. The molecule has 1 spiro atoms. The molecule has 4 heteroatoms. The molecule has 0 aromatic heterocycles. The van der Waals surface area contributed by atoms with E-state index in [1.54, 1.807) is 6.07 Å². The van der Waals surface area contributed by atoms with Gasteiger partial charge in [0.1, 0.15) is 0 Å². The molecule has 1 aliphatic heterocycles. The normalized spacial score (nSPS) is 22.7. The van der Waals surface area contributed by atoms with Gasteiger partial charge in [-0.1, -0.05) is 30.5 Å². The average molecular weight is 269 g/mol. The summed E-state index contributed by atoms with van der Waals surface area (Å²) in [7, 11) is 0. The van der Waals surface area contributed by atoms with E-state index in [-0.39, 0.29) is 16.4 Å². The third-order valence-electron chi connectivity index (χ3n) is 4.21. The van der Waals surface area contributed by atoms with Crippen LogP contribution in [0.5, 0.6) is 0 Å². The lowest BCUT2D eigenvalue weighted by atomic mass is 9.94. The SMILES string of the molecule is Fc1c(Cl)cccc1N1CCNC2(CCCC2)C1. The maximum Gasteiger partial charge on any atom is 0.165 e. The lowest BCUT2D eigenvalue weighted by Gasteiger charge is -2.42. The molecule has 2 nitrogen and oxygen atoms in total. The van der Waals surface area contributed by atoms with Gasteiger partial charge in [0.2, 0.25) is 0 Å². The van der Waals surface area contributed by atoms with E-state index in [9.17, 15) is 4.39 Å². The summed E-state index contributed by atoms with van der Waals surface area (Å²) in [5.41, 5.74) is 0.850. The first-order chi connectivity index (χ1) is 8.70. The van der Waals surface area contributed by atoms with Crippen molar-refractivity contribution in [1.82, 2.24) is 5.32 Å². The zero-order chi connectivity index (χ0) is 12.6. The van der Waals surface area contributed by atoms with E-state index in [2.05, 4.69) is 10.2 Å². The molecule has 1 aliphatic carbocycles. The van der Waals surface area contributed by atoms with Crippen LogP contribution in [0.1, 0.15) is 25.7 Å². The minimum absolute atomic E-state index is 0.201. The number of rotatable bonds is 1. The highest BCUT2D eigenvalue weighted by Crippen LogP contribution is 2.35. The van der Waals surface area contributed by atoms with Gasteiger partial charge >= 0.3 is 0 Å². The van der Waals surface area contributed by atoms with Crippen LogP contribution in [0.15, 0.2) is 18.2 Å². The molecule has 1 N–H and O–H groups in total. The van der Waals surface area contributed by atoms with Gasteiger partial charge in [0.15, 0.2) is 5.82 Å². The molecular weight excluding hydrogens is 251 g/mol. The predicted molar refractivity (Wildman–Crippen MR) is 72.8 cm³/mol. The van der Waals surface area contributed by atoms with Crippen LogP contribution in [0.25, 0.3) is 0 Å². The molecule has 0 radical (unpaired) electrons. The Balaban J connectivity index is 1.85. The second-order valence-corrected chi connectivity index (χ2v) is 5.82. The molecule has 0 amide bonds. The molecule has 2 fully saturated rings. The van der Waals surface area contributed by atoms with Crippen molar-refractivity contribution in [2.75, 3.05) is 24.5 Å². The van der Waals surface area contributed by atoms with Gasteiger partial charge in [0, 0.05) is 25.2 Å². The molecule has 1 saturated heterocycles. The highest BCUT2D eigenvalue weighted by atomic mass is 35.5. The van der Waals surface area contributed by atoms with E-state index >= 15 is 0 Å². The van der Waals surface area contributed by atoms with Crippen LogP contribution in [0, 0.1) is 5.82 Å². The first-order valence-electron chi connectivity index (χ1n) is 6.64. The third kappa shape index (κ3) is 2.10. The highest BCUT2D eigenvalue weighted by molar-refractivity contribution is 6.31. The summed E-state index contributed by atoms with van der Waals surface area (Å²) in [5, 5.41) is 3.85. The second-order valence-electron chi connectivity index (χ2n) is 5.41. The number of hydrogen-bond acceptors (Lipinski definition) is 2. The topological polar surface area (TPSA) is 15.3 Å². The van der Waals surface area contributed by atoms with Gasteiger partial charge in [-0.25, -0.2) is 4.39 Å². The summed E-state index contributed by atoms with van der Waals surface area (Å²) in [6.45, 7) is 2.66. The lowest BCUT2D eigenvalue weighted by molar-refractivity contribution is 0.302. The van der Waals surface area contributed by atoms with Crippen molar-refractivity contribution in [2.24, 2.45) is 0 Å². The fourth-order valence-corrected chi connectivity index (χ4v) is 3.45. The van der Waals surface area contributed by atoms with Crippen molar-refractivity contribution in [2.45, 2.75) is 31.2 Å². The van der Waals surface area contributed by atoms with Crippen LogP contribution in [-0.2, 0) is 0 Å². The monoisotopic (exact) mass is 268 g/mol. The Morgan fingerprint density at radius 1 is 1.28 bits per heavy atom. The van der Waals surface area contributed by atoms with E-state index in [4.69, 9.17) is 11.6 Å². The van der Waals surface area contributed by atoms with Gasteiger partial charge < -0.3 is 10.2 Å². The maximum atomic E-state index is 14.1.